The van der Waals surface area contributed by atoms with Gasteiger partial charge in [-0.3, -0.25) is 4.79 Å². The molecule has 16 heavy (non-hydrogen) atoms. The van der Waals surface area contributed by atoms with Crippen molar-refractivity contribution in [1.82, 2.24) is 4.98 Å². The van der Waals surface area contributed by atoms with E-state index in [1.807, 2.05) is 12.1 Å². The Labute approximate surface area is 95.9 Å². The first-order valence-corrected chi connectivity index (χ1v) is 6.26. The average molecular weight is 227 g/mol. The number of aryl methyl sites for hydroxylation is 1. The molecule has 0 aliphatic heterocycles. The van der Waals surface area contributed by atoms with Gasteiger partial charge in [0.1, 0.15) is 4.83 Å². The van der Waals surface area contributed by atoms with Crippen LogP contribution in [0.1, 0.15) is 22.3 Å². The van der Waals surface area contributed by atoms with Crippen molar-refractivity contribution in [3.8, 4) is 0 Å². The molecule has 2 aromatic heterocycles. The van der Waals surface area contributed by atoms with E-state index in [0.717, 1.165) is 17.5 Å². The molecule has 1 aliphatic carbocycles. The van der Waals surface area contributed by atoms with Crippen LogP contribution in [0.25, 0.3) is 21.1 Å². The number of carbonyl (C=O) groups excluding carboxylic acids is 1. The summed E-state index contributed by atoms with van der Waals surface area (Å²) in [4.78, 5) is 16.3. The highest BCUT2D eigenvalue weighted by Gasteiger charge is 2.23. The lowest BCUT2D eigenvalue weighted by molar-refractivity contribution is 0.0994. The predicted octanol–water partition coefficient (Wildman–Crippen LogP) is 3.51. The number of benzene rings is 1. The van der Waals surface area contributed by atoms with Gasteiger partial charge in [0.15, 0.2) is 5.78 Å². The monoisotopic (exact) mass is 227 g/mol. The summed E-state index contributed by atoms with van der Waals surface area (Å²) >= 11 is 1.72. The van der Waals surface area contributed by atoms with Crippen LogP contribution in [0.3, 0.4) is 0 Å². The Balaban J connectivity index is 2.28. The fraction of sp³-hybridized carbons (Fsp3) is 0.154. The number of aromatic amines is 1. The molecular formula is C13H9NOS. The Bertz CT molecular complexity index is 735. The molecule has 2 nitrogen and oxygen atoms in total. The van der Waals surface area contributed by atoms with Gasteiger partial charge in [0, 0.05) is 28.3 Å². The van der Waals surface area contributed by atoms with E-state index in [1.165, 1.54) is 21.2 Å². The fourth-order valence-electron chi connectivity index (χ4n) is 2.68. The molecule has 4 rings (SSSR count). The molecule has 0 saturated carbocycles. The van der Waals surface area contributed by atoms with Gasteiger partial charge in [-0.2, -0.15) is 0 Å². The molecule has 0 saturated heterocycles. The van der Waals surface area contributed by atoms with E-state index in [1.54, 1.807) is 11.3 Å². The molecular weight excluding hydrogens is 218 g/mol. The standard InChI is InChI=1S/C13H9NOS/c15-11-4-2-8-7(11)1-3-10-12(8)9-5-6-16-13(9)14-10/h1,3,5-6,14H,2,4H2. The Morgan fingerprint density at radius 3 is 3.06 bits per heavy atom. The number of Topliss-reactive ketones (excluding diaryl/α,β-unsaturated/α-hetero) is 1. The van der Waals surface area contributed by atoms with Gasteiger partial charge in [-0.05, 0) is 35.6 Å². The summed E-state index contributed by atoms with van der Waals surface area (Å²) in [6.45, 7) is 0. The number of hydrogen-bond acceptors (Lipinski definition) is 2. The molecule has 0 amide bonds. The highest BCUT2D eigenvalue weighted by atomic mass is 32.1. The highest BCUT2D eigenvalue weighted by Crippen LogP contribution is 2.36. The SMILES string of the molecule is O=C1CCc2c1ccc1[nH]c3sccc3c21. The van der Waals surface area contributed by atoms with Crippen LogP contribution in [0.4, 0.5) is 0 Å². The lowest BCUT2D eigenvalue weighted by atomic mass is 10.0. The van der Waals surface area contributed by atoms with Gasteiger partial charge in [-0.25, -0.2) is 0 Å². The van der Waals surface area contributed by atoms with Crippen molar-refractivity contribution in [2.45, 2.75) is 12.8 Å². The molecule has 0 radical (unpaired) electrons. The Hall–Kier alpha value is -1.61. The molecule has 0 atom stereocenters. The van der Waals surface area contributed by atoms with Crippen molar-refractivity contribution in [3.05, 3.63) is 34.7 Å². The van der Waals surface area contributed by atoms with E-state index in [0.29, 0.717) is 12.2 Å². The van der Waals surface area contributed by atoms with Crippen LogP contribution < -0.4 is 0 Å². The van der Waals surface area contributed by atoms with Crippen LogP contribution in [0.15, 0.2) is 23.6 Å². The second-order valence-corrected chi connectivity index (χ2v) is 5.14. The number of H-pyrrole nitrogens is 1. The molecule has 0 spiro atoms. The number of thiophene rings is 1. The minimum Gasteiger partial charge on any atom is -0.346 e. The molecule has 0 unspecified atom stereocenters. The van der Waals surface area contributed by atoms with Gasteiger partial charge in [-0.1, -0.05) is 0 Å². The highest BCUT2D eigenvalue weighted by molar-refractivity contribution is 7.17. The van der Waals surface area contributed by atoms with Gasteiger partial charge in [0.05, 0.1) is 0 Å². The van der Waals surface area contributed by atoms with Gasteiger partial charge in [-0.15, -0.1) is 11.3 Å². The van der Waals surface area contributed by atoms with Gasteiger partial charge >= 0.3 is 0 Å². The first-order valence-electron chi connectivity index (χ1n) is 5.38. The van der Waals surface area contributed by atoms with E-state index in [9.17, 15) is 4.79 Å². The van der Waals surface area contributed by atoms with E-state index < -0.39 is 0 Å². The molecule has 1 N–H and O–H groups in total. The first-order chi connectivity index (χ1) is 7.84. The van der Waals surface area contributed by atoms with E-state index in [2.05, 4.69) is 16.4 Å². The zero-order chi connectivity index (χ0) is 10.7. The molecule has 3 heteroatoms. The number of nitrogens with one attached hydrogen (secondary N) is 1. The Morgan fingerprint density at radius 2 is 2.12 bits per heavy atom. The van der Waals surface area contributed by atoms with Crippen molar-refractivity contribution in [2.24, 2.45) is 0 Å². The van der Waals surface area contributed by atoms with Crippen molar-refractivity contribution in [1.29, 1.82) is 0 Å². The van der Waals surface area contributed by atoms with Crippen LogP contribution >= 0.6 is 11.3 Å². The minimum atomic E-state index is 0.293. The number of aromatic nitrogens is 1. The summed E-state index contributed by atoms with van der Waals surface area (Å²) < 4.78 is 0. The maximum atomic E-state index is 11.7. The Morgan fingerprint density at radius 1 is 1.19 bits per heavy atom. The molecule has 1 aromatic carbocycles. The van der Waals surface area contributed by atoms with Crippen molar-refractivity contribution in [3.63, 3.8) is 0 Å². The van der Waals surface area contributed by atoms with Crippen LogP contribution in [0.2, 0.25) is 0 Å². The molecule has 1 aliphatic rings. The second kappa shape index (κ2) is 2.74. The fourth-order valence-corrected chi connectivity index (χ4v) is 3.49. The summed E-state index contributed by atoms with van der Waals surface area (Å²) in [6.07, 6.45) is 1.57. The maximum absolute atomic E-state index is 11.7. The van der Waals surface area contributed by atoms with E-state index in [4.69, 9.17) is 0 Å². The van der Waals surface area contributed by atoms with Crippen LogP contribution in [0, 0.1) is 0 Å². The number of ketones is 1. The van der Waals surface area contributed by atoms with E-state index in [-0.39, 0.29) is 0 Å². The molecule has 78 valence electrons. The third-order valence-corrected chi connectivity index (χ3v) is 4.23. The van der Waals surface area contributed by atoms with E-state index >= 15 is 0 Å². The summed E-state index contributed by atoms with van der Waals surface area (Å²) in [5.41, 5.74) is 3.34. The third-order valence-electron chi connectivity index (χ3n) is 3.40. The molecule has 0 bridgehead atoms. The normalized spacial score (nSPS) is 15.1. The third kappa shape index (κ3) is 0.895. The quantitative estimate of drug-likeness (QED) is 0.626. The van der Waals surface area contributed by atoms with Crippen molar-refractivity contribution < 1.29 is 4.79 Å². The van der Waals surface area contributed by atoms with Gasteiger partial charge < -0.3 is 4.98 Å². The van der Waals surface area contributed by atoms with Gasteiger partial charge in [0.25, 0.3) is 0 Å². The molecule has 3 aromatic rings. The summed E-state index contributed by atoms with van der Waals surface area (Å²) in [6, 6.07) is 6.14. The number of rotatable bonds is 0. The number of carbonyl (C=O) groups is 1. The van der Waals surface area contributed by atoms with Gasteiger partial charge in [0.2, 0.25) is 0 Å². The van der Waals surface area contributed by atoms with Crippen LogP contribution in [-0.2, 0) is 6.42 Å². The van der Waals surface area contributed by atoms with Crippen molar-refractivity contribution in [2.75, 3.05) is 0 Å². The van der Waals surface area contributed by atoms with Crippen LogP contribution in [-0.4, -0.2) is 10.8 Å². The lowest BCUT2D eigenvalue weighted by Crippen LogP contribution is -1.90. The molecule has 2 heterocycles. The molecule has 0 fully saturated rings. The summed E-state index contributed by atoms with van der Waals surface area (Å²) in [5.74, 6) is 0.293. The zero-order valence-corrected chi connectivity index (χ0v) is 9.36. The second-order valence-electron chi connectivity index (χ2n) is 4.23. The lowest BCUT2D eigenvalue weighted by Gasteiger charge is -1.99. The predicted molar refractivity (Wildman–Crippen MR) is 66.3 cm³/mol. The summed E-state index contributed by atoms with van der Waals surface area (Å²) in [7, 11) is 0. The first kappa shape index (κ1) is 8.53. The summed E-state index contributed by atoms with van der Waals surface area (Å²) in [5, 5.41) is 4.63. The zero-order valence-electron chi connectivity index (χ0n) is 8.54. The smallest absolute Gasteiger partial charge is 0.163 e. The van der Waals surface area contributed by atoms with Crippen molar-refractivity contribution >= 4 is 38.2 Å². The minimum absolute atomic E-state index is 0.293. The largest absolute Gasteiger partial charge is 0.346 e. The topological polar surface area (TPSA) is 32.9 Å². The van der Waals surface area contributed by atoms with Crippen LogP contribution in [0.5, 0.6) is 0 Å². The maximum Gasteiger partial charge on any atom is 0.163 e. The average Bonchev–Trinajstić information content (AvgIpc) is 2.91. The number of fused-ring (bicyclic) bond motifs is 5. The number of hydrogen-bond donors (Lipinski definition) is 1. The Kier molecular flexibility index (Phi) is 1.46.